The summed E-state index contributed by atoms with van der Waals surface area (Å²) in [7, 11) is 0. The first-order chi connectivity index (χ1) is 8.15. The van der Waals surface area contributed by atoms with Gasteiger partial charge in [-0.15, -0.1) is 0 Å². The minimum absolute atomic E-state index is 0.143. The molecule has 4 heteroatoms. The van der Waals surface area contributed by atoms with Crippen LogP contribution in [-0.4, -0.2) is 6.29 Å². The van der Waals surface area contributed by atoms with E-state index in [0.29, 0.717) is 28.7 Å². The third kappa shape index (κ3) is 1.95. The van der Waals surface area contributed by atoms with E-state index in [1.165, 1.54) is 24.3 Å². The second-order valence-electron chi connectivity index (χ2n) is 3.58. The third-order valence-corrected chi connectivity index (χ3v) is 2.43. The van der Waals surface area contributed by atoms with Gasteiger partial charge in [-0.3, -0.25) is 4.79 Å². The molecule has 17 heavy (non-hydrogen) atoms. The summed E-state index contributed by atoms with van der Waals surface area (Å²) in [4.78, 5) is 10.5. The number of rotatable bonds is 2. The number of hydrogen-bond acceptors (Lipinski definition) is 3. The molecule has 0 aliphatic heterocycles. The molecule has 0 aliphatic rings. The fraction of sp³-hybridized carbons (Fsp3) is 0.0769. The van der Waals surface area contributed by atoms with Crippen molar-refractivity contribution < 1.29 is 13.6 Å². The van der Waals surface area contributed by atoms with Gasteiger partial charge in [0.25, 0.3) is 0 Å². The Labute approximate surface area is 97.1 Å². The van der Waals surface area contributed by atoms with Crippen LogP contribution >= 0.6 is 0 Å². The lowest BCUT2D eigenvalue weighted by Gasteiger charge is -2.03. The molecule has 3 nitrogen and oxygen atoms in total. The molecule has 2 aromatic rings. The third-order valence-electron chi connectivity index (χ3n) is 2.43. The van der Waals surface area contributed by atoms with Gasteiger partial charge >= 0.3 is 0 Å². The molecular formula is C13H8FNO2. The summed E-state index contributed by atoms with van der Waals surface area (Å²) in [5.41, 5.74) is 1.06. The van der Waals surface area contributed by atoms with Gasteiger partial charge in [-0.25, -0.2) is 4.39 Å². The maximum absolute atomic E-state index is 13.4. The summed E-state index contributed by atoms with van der Waals surface area (Å²) in [6.45, 7) is 1.58. The molecule has 0 fully saturated rings. The van der Waals surface area contributed by atoms with E-state index in [0.717, 1.165) is 0 Å². The van der Waals surface area contributed by atoms with Crippen LogP contribution in [0.25, 0.3) is 11.3 Å². The van der Waals surface area contributed by atoms with Crippen LogP contribution in [-0.2, 0) is 0 Å². The molecule has 0 bridgehead atoms. The zero-order valence-electron chi connectivity index (χ0n) is 9.03. The summed E-state index contributed by atoms with van der Waals surface area (Å²) in [6.07, 6.45) is 0.556. The van der Waals surface area contributed by atoms with E-state index >= 15 is 0 Å². The molecular weight excluding hydrogens is 221 g/mol. The second kappa shape index (κ2) is 4.22. The van der Waals surface area contributed by atoms with E-state index in [-0.39, 0.29) is 5.76 Å². The molecule has 2 rings (SSSR count). The number of benzene rings is 1. The van der Waals surface area contributed by atoms with Crippen molar-refractivity contribution in [2.45, 2.75) is 6.92 Å². The molecule has 0 saturated carbocycles. The normalized spacial score (nSPS) is 9.94. The van der Waals surface area contributed by atoms with E-state index in [9.17, 15) is 9.18 Å². The zero-order valence-corrected chi connectivity index (χ0v) is 9.03. The van der Waals surface area contributed by atoms with Crippen molar-refractivity contribution in [2.75, 3.05) is 0 Å². The Hall–Kier alpha value is -2.41. The SMILES string of the molecule is Cc1cc(C#N)c(-c2ccc(C=O)o2)cc1F. The second-order valence-corrected chi connectivity index (χ2v) is 3.58. The van der Waals surface area contributed by atoms with Crippen molar-refractivity contribution in [1.29, 1.82) is 5.26 Å². The van der Waals surface area contributed by atoms with Gasteiger partial charge in [0, 0.05) is 5.56 Å². The maximum atomic E-state index is 13.4. The van der Waals surface area contributed by atoms with Crippen molar-refractivity contribution in [1.82, 2.24) is 0 Å². The molecule has 0 unspecified atom stereocenters. The van der Waals surface area contributed by atoms with Crippen LogP contribution in [0.3, 0.4) is 0 Å². The highest BCUT2D eigenvalue weighted by Gasteiger charge is 2.12. The van der Waals surface area contributed by atoms with E-state index in [1.807, 2.05) is 6.07 Å². The zero-order chi connectivity index (χ0) is 12.4. The number of aryl methyl sites for hydroxylation is 1. The van der Waals surface area contributed by atoms with Gasteiger partial charge < -0.3 is 4.42 Å². The first kappa shape index (κ1) is 11.1. The lowest BCUT2D eigenvalue weighted by Crippen LogP contribution is -1.89. The minimum Gasteiger partial charge on any atom is -0.453 e. The highest BCUT2D eigenvalue weighted by Crippen LogP contribution is 2.27. The molecule has 0 saturated heterocycles. The van der Waals surface area contributed by atoms with Crippen molar-refractivity contribution in [3.8, 4) is 17.4 Å². The predicted molar refractivity (Wildman–Crippen MR) is 58.9 cm³/mol. The predicted octanol–water partition coefficient (Wildman–Crippen LogP) is 3.08. The molecule has 0 aliphatic carbocycles. The van der Waals surface area contributed by atoms with Gasteiger partial charge in [-0.05, 0) is 36.8 Å². The molecule has 1 heterocycles. The lowest BCUT2D eigenvalue weighted by molar-refractivity contribution is 0.110. The van der Waals surface area contributed by atoms with Crippen LogP contribution in [0.5, 0.6) is 0 Å². The number of halogens is 1. The standard InChI is InChI=1S/C13H8FNO2/c1-8-4-9(6-15)11(5-12(8)14)13-3-2-10(7-16)17-13/h2-5,7H,1H3. The molecule has 1 aromatic heterocycles. The van der Waals surface area contributed by atoms with E-state index < -0.39 is 5.82 Å². The number of carbonyl (C=O) groups excluding carboxylic acids is 1. The highest BCUT2D eigenvalue weighted by molar-refractivity contribution is 5.74. The Morgan fingerprint density at radius 3 is 2.76 bits per heavy atom. The summed E-state index contributed by atoms with van der Waals surface area (Å²) < 4.78 is 18.6. The smallest absolute Gasteiger partial charge is 0.185 e. The fourth-order valence-corrected chi connectivity index (χ4v) is 1.54. The van der Waals surface area contributed by atoms with Crippen LogP contribution in [0.2, 0.25) is 0 Å². The van der Waals surface area contributed by atoms with Crippen molar-refractivity contribution in [3.63, 3.8) is 0 Å². The number of hydrogen-bond donors (Lipinski definition) is 0. The number of furan rings is 1. The summed E-state index contributed by atoms with van der Waals surface area (Å²) in [6, 6.07) is 7.67. The molecule has 0 N–H and O–H groups in total. The number of aldehydes is 1. The average molecular weight is 229 g/mol. The number of nitrogens with zero attached hydrogens (tertiary/aromatic N) is 1. The van der Waals surface area contributed by atoms with E-state index in [2.05, 4.69) is 0 Å². The summed E-state index contributed by atoms with van der Waals surface area (Å²) in [5, 5.41) is 8.98. The Morgan fingerprint density at radius 1 is 1.41 bits per heavy atom. The van der Waals surface area contributed by atoms with Gasteiger partial charge in [0.2, 0.25) is 0 Å². The van der Waals surface area contributed by atoms with Crippen LogP contribution in [0.15, 0.2) is 28.7 Å². The lowest BCUT2D eigenvalue weighted by atomic mass is 10.0. The summed E-state index contributed by atoms with van der Waals surface area (Å²) >= 11 is 0. The molecule has 0 radical (unpaired) electrons. The van der Waals surface area contributed by atoms with Gasteiger partial charge in [0.15, 0.2) is 12.0 Å². The molecule has 0 amide bonds. The molecule has 0 atom stereocenters. The van der Waals surface area contributed by atoms with Crippen LogP contribution in [0.1, 0.15) is 21.7 Å². The monoisotopic (exact) mass is 229 g/mol. The molecule has 84 valence electrons. The highest BCUT2D eigenvalue weighted by atomic mass is 19.1. The topological polar surface area (TPSA) is 54.0 Å². The maximum Gasteiger partial charge on any atom is 0.185 e. The van der Waals surface area contributed by atoms with Crippen LogP contribution < -0.4 is 0 Å². The fourth-order valence-electron chi connectivity index (χ4n) is 1.54. The van der Waals surface area contributed by atoms with Crippen molar-refractivity contribution in [2.24, 2.45) is 0 Å². The minimum atomic E-state index is -0.414. The first-order valence-electron chi connectivity index (χ1n) is 4.91. The number of carbonyl (C=O) groups is 1. The Morgan fingerprint density at radius 2 is 2.18 bits per heavy atom. The van der Waals surface area contributed by atoms with Gasteiger partial charge in [0.05, 0.1) is 11.6 Å². The molecule has 1 aromatic carbocycles. The Kier molecular flexibility index (Phi) is 2.75. The Balaban J connectivity index is 2.62. The molecule has 0 spiro atoms. The van der Waals surface area contributed by atoms with Gasteiger partial charge in [-0.1, -0.05) is 0 Å². The van der Waals surface area contributed by atoms with Crippen molar-refractivity contribution in [3.05, 3.63) is 47.0 Å². The first-order valence-corrected chi connectivity index (χ1v) is 4.91. The van der Waals surface area contributed by atoms with Gasteiger partial charge in [0.1, 0.15) is 11.6 Å². The Bertz CT molecular complexity index is 623. The van der Waals surface area contributed by atoms with Crippen LogP contribution in [0, 0.1) is 24.1 Å². The van der Waals surface area contributed by atoms with Crippen LogP contribution in [0.4, 0.5) is 4.39 Å². The largest absolute Gasteiger partial charge is 0.453 e. The van der Waals surface area contributed by atoms with E-state index in [4.69, 9.17) is 9.68 Å². The van der Waals surface area contributed by atoms with Gasteiger partial charge in [-0.2, -0.15) is 5.26 Å². The van der Waals surface area contributed by atoms with Crippen molar-refractivity contribution >= 4 is 6.29 Å². The quantitative estimate of drug-likeness (QED) is 0.743. The average Bonchev–Trinajstić information content (AvgIpc) is 2.80. The van der Waals surface area contributed by atoms with E-state index in [1.54, 1.807) is 6.92 Å². The summed E-state index contributed by atoms with van der Waals surface area (Å²) in [5.74, 6) is 0.0375. The number of nitriles is 1.